The fourth-order valence-electron chi connectivity index (χ4n) is 1.36. The van der Waals surface area contributed by atoms with Gasteiger partial charge in [0.05, 0.1) is 12.1 Å². The Morgan fingerprint density at radius 3 is 2.63 bits per heavy atom. The van der Waals surface area contributed by atoms with Gasteiger partial charge in [-0.05, 0) is 12.1 Å². The topological polar surface area (TPSA) is 75.2 Å². The number of aromatic nitrogens is 2. The van der Waals surface area contributed by atoms with Crippen LogP contribution in [0.1, 0.15) is 4.88 Å². The van der Waals surface area contributed by atoms with Gasteiger partial charge in [-0.15, -0.1) is 11.3 Å². The molecule has 0 saturated heterocycles. The first-order chi connectivity index (χ1) is 9.00. The van der Waals surface area contributed by atoms with Crippen molar-refractivity contribution in [2.45, 2.75) is 11.4 Å². The molecule has 0 aliphatic heterocycles. The Hall–Kier alpha value is -1.51. The molecule has 0 aliphatic rings. The quantitative estimate of drug-likeness (QED) is 0.903. The van der Waals surface area contributed by atoms with Crippen LogP contribution in [-0.4, -0.2) is 36.8 Å². The predicted octanol–water partition coefficient (Wildman–Crippen LogP) is 1.40. The summed E-state index contributed by atoms with van der Waals surface area (Å²) in [5.41, 5.74) is 1.76. The second-order valence-corrected chi connectivity index (χ2v) is 7.11. The smallest absolute Gasteiger partial charge is 0.244 e. The monoisotopic (exact) mass is 298 g/mol. The zero-order chi connectivity index (χ0) is 13.9. The maximum atomic E-state index is 11.8. The molecular formula is C11H14N4O2S2. The summed E-state index contributed by atoms with van der Waals surface area (Å²) >= 11 is 1.55. The van der Waals surface area contributed by atoms with Crippen molar-refractivity contribution in [1.29, 1.82) is 0 Å². The fraction of sp³-hybridized carbons (Fsp3) is 0.273. The number of anilines is 1. The van der Waals surface area contributed by atoms with E-state index >= 15 is 0 Å². The van der Waals surface area contributed by atoms with Crippen LogP contribution in [0.3, 0.4) is 0 Å². The van der Waals surface area contributed by atoms with Gasteiger partial charge in [0.1, 0.15) is 10.7 Å². The van der Waals surface area contributed by atoms with Crippen LogP contribution in [0, 0.1) is 0 Å². The minimum atomic E-state index is -3.42. The van der Waals surface area contributed by atoms with E-state index in [-0.39, 0.29) is 4.90 Å². The van der Waals surface area contributed by atoms with Gasteiger partial charge in [-0.25, -0.2) is 17.7 Å². The van der Waals surface area contributed by atoms with E-state index in [1.165, 1.54) is 26.4 Å². The molecule has 19 heavy (non-hydrogen) atoms. The van der Waals surface area contributed by atoms with E-state index in [4.69, 9.17) is 0 Å². The minimum Gasteiger partial charge on any atom is -0.365 e. The Bertz CT molecular complexity index is 621. The van der Waals surface area contributed by atoms with Crippen molar-refractivity contribution in [2.75, 3.05) is 19.4 Å². The number of hydrogen-bond acceptors (Lipinski definition) is 6. The van der Waals surface area contributed by atoms with Crippen molar-refractivity contribution < 1.29 is 8.42 Å². The van der Waals surface area contributed by atoms with Crippen LogP contribution in [0.2, 0.25) is 0 Å². The molecule has 2 heterocycles. The zero-order valence-corrected chi connectivity index (χ0v) is 12.2. The van der Waals surface area contributed by atoms with Crippen LogP contribution >= 0.6 is 11.3 Å². The third-order valence-corrected chi connectivity index (χ3v) is 5.02. The molecule has 2 aromatic heterocycles. The Morgan fingerprint density at radius 2 is 2.11 bits per heavy atom. The van der Waals surface area contributed by atoms with Crippen LogP contribution < -0.4 is 5.32 Å². The Kier molecular flexibility index (Phi) is 4.13. The van der Waals surface area contributed by atoms with Crippen LogP contribution in [-0.2, 0) is 16.6 Å². The molecule has 0 unspecified atom stereocenters. The molecule has 0 spiro atoms. The van der Waals surface area contributed by atoms with Crippen molar-refractivity contribution in [3.05, 3.63) is 34.9 Å². The van der Waals surface area contributed by atoms with Gasteiger partial charge in [0.25, 0.3) is 0 Å². The van der Waals surface area contributed by atoms with Crippen molar-refractivity contribution in [3.63, 3.8) is 0 Å². The van der Waals surface area contributed by atoms with Crippen LogP contribution in [0.4, 0.5) is 5.82 Å². The lowest BCUT2D eigenvalue weighted by atomic mass is 10.4. The molecule has 0 fully saturated rings. The van der Waals surface area contributed by atoms with Gasteiger partial charge < -0.3 is 5.32 Å². The largest absolute Gasteiger partial charge is 0.365 e. The van der Waals surface area contributed by atoms with E-state index in [0.29, 0.717) is 12.4 Å². The third kappa shape index (κ3) is 3.28. The lowest BCUT2D eigenvalue weighted by molar-refractivity contribution is 0.520. The number of sulfonamides is 1. The number of hydrogen-bond donors (Lipinski definition) is 1. The first-order valence-corrected chi connectivity index (χ1v) is 7.82. The Balaban J connectivity index is 2.07. The standard InChI is InChI=1S/C11H14N4O2S2/c1-15(2)19(16,17)10-3-4-11(14-7-10)13-6-9-5-12-8-18-9/h3-5,7-8H,6H2,1-2H3,(H,13,14). The highest BCUT2D eigenvalue weighted by Gasteiger charge is 2.17. The molecule has 0 amide bonds. The van der Waals surface area contributed by atoms with Gasteiger partial charge in [0, 0.05) is 31.4 Å². The predicted molar refractivity (Wildman–Crippen MR) is 74.6 cm³/mol. The van der Waals surface area contributed by atoms with E-state index in [2.05, 4.69) is 15.3 Å². The van der Waals surface area contributed by atoms with E-state index in [1.54, 1.807) is 29.1 Å². The number of pyridine rings is 1. The Labute approximate surface area is 116 Å². The highest BCUT2D eigenvalue weighted by molar-refractivity contribution is 7.89. The maximum absolute atomic E-state index is 11.8. The van der Waals surface area contributed by atoms with Gasteiger partial charge in [-0.2, -0.15) is 0 Å². The molecule has 0 atom stereocenters. The second kappa shape index (κ2) is 5.64. The molecule has 0 saturated carbocycles. The van der Waals surface area contributed by atoms with Crippen LogP contribution in [0.25, 0.3) is 0 Å². The number of nitrogens with zero attached hydrogens (tertiary/aromatic N) is 3. The van der Waals surface area contributed by atoms with Crippen molar-refractivity contribution in [3.8, 4) is 0 Å². The van der Waals surface area contributed by atoms with Gasteiger partial charge in [0.2, 0.25) is 10.0 Å². The highest BCUT2D eigenvalue weighted by atomic mass is 32.2. The van der Waals surface area contributed by atoms with Crippen LogP contribution in [0.15, 0.2) is 34.9 Å². The van der Waals surface area contributed by atoms with E-state index in [1.807, 2.05) is 0 Å². The molecule has 8 heteroatoms. The lowest BCUT2D eigenvalue weighted by Crippen LogP contribution is -2.22. The SMILES string of the molecule is CN(C)S(=O)(=O)c1ccc(NCc2cncs2)nc1. The normalized spacial score (nSPS) is 11.7. The molecule has 0 radical (unpaired) electrons. The summed E-state index contributed by atoms with van der Waals surface area (Å²) in [4.78, 5) is 9.34. The lowest BCUT2D eigenvalue weighted by Gasteiger charge is -2.11. The van der Waals surface area contributed by atoms with Gasteiger partial charge >= 0.3 is 0 Å². The summed E-state index contributed by atoms with van der Waals surface area (Å²) in [5, 5.41) is 3.11. The molecule has 6 nitrogen and oxygen atoms in total. The van der Waals surface area contributed by atoms with Gasteiger partial charge in [-0.1, -0.05) is 0 Å². The summed E-state index contributed by atoms with van der Waals surface area (Å²) < 4.78 is 24.9. The van der Waals surface area contributed by atoms with Crippen molar-refractivity contribution in [2.24, 2.45) is 0 Å². The summed E-state index contributed by atoms with van der Waals surface area (Å²) in [7, 11) is -0.434. The number of thiazole rings is 1. The second-order valence-electron chi connectivity index (χ2n) is 3.99. The van der Waals surface area contributed by atoms with Crippen molar-refractivity contribution >= 4 is 27.2 Å². The summed E-state index contributed by atoms with van der Waals surface area (Å²) in [6, 6.07) is 3.19. The highest BCUT2D eigenvalue weighted by Crippen LogP contribution is 2.15. The minimum absolute atomic E-state index is 0.181. The molecular weight excluding hydrogens is 284 g/mol. The Morgan fingerprint density at radius 1 is 1.32 bits per heavy atom. The van der Waals surface area contributed by atoms with Gasteiger partial charge in [0.15, 0.2) is 0 Å². The van der Waals surface area contributed by atoms with E-state index in [9.17, 15) is 8.42 Å². The number of nitrogens with one attached hydrogen (secondary N) is 1. The molecule has 2 aromatic rings. The first kappa shape index (κ1) is 13.9. The molecule has 102 valence electrons. The molecule has 2 rings (SSSR count). The average molecular weight is 298 g/mol. The molecule has 1 N–H and O–H groups in total. The maximum Gasteiger partial charge on any atom is 0.244 e. The van der Waals surface area contributed by atoms with E-state index < -0.39 is 10.0 Å². The molecule has 0 aromatic carbocycles. The van der Waals surface area contributed by atoms with Crippen LogP contribution in [0.5, 0.6) is 0 Å². The zero-order valence-electron chi connectivity index (χ0n) is 10.6. The fourth-order valence-corrected chi connectivity index (χ4v) is 2.74. The third-order valence-electron chi connectivity index (χ3n) is 2.44. The molecule has 0 bridgehead atoms. The van der Waals surface area contributed by atoms with Crippen molar-refractivity contribution in [1.82, 2.24) is 14.3 Å². The van der Waals surface area contributed by atoms with E-state index in [0.717, 1.165) is 9.18 Å². The summed E-state index contributed by atoms with van der Waals surface area (Å²) in [6.07, 6.45) is 3.13. The summed E-state index contributed by atoms with van der Waals surface area (Å²) in [6.45, 7) is 0.622. The summed E-state index contributed by atoms with van der Waals surface area (Å²) in [5.74, 6) is 0.631. The van der Waals surface area contributed by atoms with Gasteiger partial charge in [-0.3, -0.25) is 4.98 Å². The average Bonchev–Trinajstić information content (AvgIpc) is 2.90. The first-order valence-electron chi connectivity index (χ1n) is 5.50. The molecule has 0 aliphatic carbocycles. The number of rotatable bonds is 5.